The SMILES string of the molecule is COc1cnc2ccc(Cc3nnc4ccc(-c5cc(F)cc(F)c5)cn34)cc2c1. The molecule has 0 bridgehead atoms. The summed E-state index contributed by atoms with van der Waals surface area (Å²) in [5, 5.41) is 9.47. The van der Waals surface area contributed by atoms with Crippen LogP contribution < -0.4 is 4.74 Å². The van der Waals surface area contributed by atoms with Gasteiger partial charge >= 0.3 is 0 Å². The molecule has 0 radical (unpaired) electrons. The maximum atomic E-state index is 13.6. The van der Waals surface area contributed by atoms with Gasteiger partial charge in [0.15, 0.2) is 5.65 Å². The lowest BCUT2D eigenvalue weighted by Crippen LogP contribution is -1.97. The van der Waals surface area contributed by atoms with E-state index in [4.69, 9.17) is 4.74 Å². The van der Waals surface area contributed by atoms with E-state index < -0.39 is 11.6 Å². The monoisotopic (exact) mass is 402 g/mol. The van der Waals surface area contributed by atoms with Crippen LogP contribution in [0.1, 0.15) is 11.4 Å². The van der Waals surface area contributed by atoms with Crippen LogP contribution >= 0.6 is 0 Å². The lowest BCUT2D eigenvalue weighted by atomic mass is 10.1. The van der Waals surface area contributed by atoms with Crippen LogP contribution in [0.2, 0.25) is 0 Å². The fourth-order valence-electron chi connectivity index (χ4n) is 3.52. The van der Waals surface area contributed by atoms with Crippen LogP contribution in [0.15, 0.2) is 67.0 Å². The zero-order valence-electron chi connectivity index (χ0n) is 16.0. The van der Waals surface area contributed by atoms with Gasteiger partial charge in [-0.1, -0.05) is 6.07 Å². The summed E-state index contributed by atoms with van der Waals surface area (Å²) in [6, 6.07) is 14.9. The third-order valence-electron chi connectivity index (χ3n) is 4.99. The fourth-order valence-corrected chi connectivity index (χ4v) is 3.52. The van der Waals surface area contributed by atoms with Crippen LogP contribution in [0, 0.1) is 11.6 Å². The highest BCUT2D eigenvalue weighted by Crippen LogP contribution is 2.24. The van der Waals surface area contributed by atoms with E-state index in [0.717, 1.165) is 28.4 Å². The molecule has 0 N–H and O–H groups in total. The highest BCUT2D eigenvalue weighted by molar-refractivity contribution is 5.80. The number of benzene rings is 2. The molecule has 5 nitrogen and oxygen atoms in total. The van der Waals surface area contributed by atoms with Crippen molar-refractivity contribution in [2.45, 2.75) is 6.42 Å². The first-order chi connectivity index (χ1) is 14.6. The Morgan fingerprint density at radius 3 is 2.53 bits per heavy atom. The Labute approximate surface area is 170 Å². The van der Waals surface area contributed by atoms with Crippen molar-refractivity contribution in [2.24, 2.45) is 0 Å². The molecular weight excluding hydrogens is 386 g/mol. The smallest absolute Gasteiger partial charge is 0.160 e. The van der Waals surface area contributed by atoms with E-state index in [1.54, 1.807) is 31.6 Å². The zero-order valence-corrected chi connectivity index (χ0v) is 16.0. The average Bonchev–Trinajstić information content (AvgIpc) is 3.14. The molecular formula is C23H16F2N4O. The first-order valence-corrected chi connectivity index (χ1v) is 9.32. The van der Waals surface area contributed by atoms with Gasteiger partial charge in [0.25, 0.3) is 0 Å². The average molecular weight is 402 g/mol. The number of rotatable bonds is 4. The Morgan fingerprint density at radius 2 is 1.73 bits per heavy atom. The molecule has 7 heteroatoms. The van der Waals surface area contributed by atoms with E-state index in [1.807, 2.05) is 28.7 Å². The third kappa shape index (κ3) is 3.34. The quantitative estimate of drug-likeness (QED) is 0.432. The zero-order chi connectivity index (χ0) is 20.7. The summed E-state index contributed by atoms with van der Waals surface area (Å²) >= 11 is 0. The Kier molecular flexibility index (Phi) is 4.35. The van der Waals surface area contributed by atoms with Gasteiger partial charge in [-0.3, -0.25) is 9.38 Å². The van der Waals surface area contributed by atoms with Crippen LogP contribution in [0.4, 0.5) is 8.78 Å². The van der Waals surface area contributed by atoms with E-state index >= 15 is 0 Å². The van der Waals surface area contributed by atoms with Crippen molar-refractivity contribution in [3.05, 3.63) is 90.0 Å². The van der Waals surface area contributed by atoms with Gasteiger partial charge in [-0.25, -0.2) is 8.78 Å². The summed E-state index contributed by atoms with van der Waals surface area (Å²) in [6.45, 7) is 0. The molecule has 30 heavy (non-hydrogen) atoms. The van der Waals surface area contributed by atoms with Crippen molar-refractivity contribution >= 4 is 16.6 Å². The van der Waals surface area contributed by atoms with Gasteiger partial charge in [0, 0.05) is 24.1 Å². The van der Waals surface area contributed by atoms with Crippen molar-refractivity contribution in [1.29, 1.82) is 0 Å². The number of ether oxygens (including phenoxy) is 1. The molecule has 0 atom stereocenters. The van der Waals surface area contributed by atoms with Crippen molar-refractivity contribution in [2.75, 3.05) is 7.11 Å². The number of fused-ring (bicyclic) bond motifs is 2. The van der Waals surface area contributed by atoms with Crippen molar-refractivity contribution < 1.29 is 13.5 Å². The van der Waals surface area contributed by atoms with E-state index in [-0.39, 0.29) is 0 Å². The molecule has 5 aromatic rings. The van der Waals surface area contributed by atoms with Crippen LogP contribution in [0.5, 0.6) is 5.75 Å². The molecule has 3 aromatic heterocycles. The molecule has 0 saturated carbocycles. The molecule has 0 spiro atoms. The Bertz CT molecular complexity index is 1380. The Hall–Kier alpha value is -3.87. The number of hydrogen-bond acceptors (Lipinski definition) is 4. The highest BCUT2D eigenvalue weighted by atomic mass is 19.1. The van der Waals surface area contributed by atoms with Gasteiger partial charge in [0.2, 0.25) is 0 Å². The summed E-state index contributed by atoms with van der Waals surface area (Å²) < 4.78 is 34.4. The molecule has 0 aliphatic carbocycles. The van der Waals surface area contributed by atoms with Crippen LogP contribution in [-0.2, 0) is 6.42 Å². The summed E-state index contributed by atoms with van der Waals surface area (Å²) in [7, 11) is 1.61. The maximum Gasteiger partial charge on any atom is 0.160 e. The number of pyridine rings is 2. The van der Waals surface area contributed by atoms with Crippen molar-refractivity contribution in [1.82, 2.24) is 19.6 Å². The number of halogens is 2. The Balaban J connectivity index is 1.54. The van der Waals surface area contributed by atoms with Crippen molar-refractivity contribution in [3.8, 4) is 16.9 Å². The lowest BCUT2D eigenvalue weighted by Gasteiger charge is -2.07. The molecule has 0 unspecified atom stereocenters. The minimum atomic E-state index is -0.616. The van der Waals surface area contributed by atoms with Crippen molar-refractivity contribution in [3.63, 3.8) is 0 Å². The minimum absolute atomic E-state index is 0.456. The van der Waals surface area contributed by atoms with Gasteiger partial charge < -0.3 is 4.74 Å². The molecule has 3 heterocycles. The summed E-state index contributed by atoms with van der Waals surface area (Å²) in [4.78, 5) is 4.38. The number of nitrogens with zero attached hydrogens (tertiary/aromatic N) is 4. The highest BCUT2D eigenvalue weighted by Gasteiger charge is 2.10. The predicted octanol–water partition coefficient (Wildman–Crippen LogP) is 4.82. The number of aromatic nitrogens is 4. The summed E-state index contributed by atoms with van der Waals surface area (Å²) in [6.07, 6.45) is 4.02. The second-order valence-electron chi connectivity index (χ2n) is 7.00. The van der Waals surface area contributed by atoms with Crippen LogP contribution in [0.25, 0.3) is 27.7 Å². The lowest BCUT2D eigenvalue weighted by molar-refractivity contribution is 0.414. The topological polar surface area (TPSA) is 52.3 Å². The van der Waals surface area contributed by atoms with E-state index in [0.29, 0.717) is 28.9 Å². The molecule has 2 aromatic carbocycles. The maximum absolute atomic E-state index is 13.6. The van der Waals surface area contributed by atoms with Gasteiger partial charge in [0.1, 0.15) is 23.2 Å². The van der Waals surface area contributed by atoms with E-state index in [2.05, 4.69) is 15.2 Å². The van der Waals surface area contributed by atoms with Gasteiger partial charge in [0.05, 0.1) is 18.8 Å². The molecule has 0 amide bonds. The molecule has 0 aliphatic rings. The normalized spacial score (nSPS) is 11.3. The predicted molar refractivity (Wildman–Crippen MR) is 109 cm³/mol. The van der Waals surface area contributed by atoms with E-state index in [9.17, 15) is 8.78 Å². The largest absolute Gasteiger partial charge is 0.495 e. The molecule has 0 fully saturated rings. The number of hydrogen-bond donors (Lipinski definition) is 0. The van der Waals surface area contributed by atoms with Crippen LogP contribution in [-0.4, -0.2) is 26.7 Å². The second-order valence-corrected chi connectivity index (χ2v) is 7.00. The Morgan fingerprint density at radius 1 is 0.900 bits per heavy atom. The second kappa shape index (κ2) is 7.18. The van der Waals surface area contributed by atoms with Crippen LogP contribution in [0.3, 0.4) is 0 Å². The summed E-state index contributed by atoms with van der Waals surface area (Å²) in [5.74, 6) is 0.182. The molecule has 148 valence electrons. The fraction of sp³-hybridized carbons (Fsp3) is 0.0870. The third-order valence-corrected chi connectivity index (χ3v) is 4.99. The first kappa shape index (κ1) is 18.2. The molecule has 0 aliphatic heterocycles. The number of methoxy groups -OCH3 is 1. The molecule has 0 saturated heterocycles. The van der Waals surface area contributed by atoms with Gasteiger partial charge in [-0.05, 0) is 59.2 Å². The molecule has 5 rings (SSSR count). The minimum Gasteiger partial charge on any atom is -0.495 e. The van der Waals surface area contributed by atoms with Gasteiger partial charge in [-0.15, -0.1) is 10.2 Å². The summed E-state index contributed by atoms with van der Waals surface area (Å²) in [5.41, 5.74) is 3.71. The van der Waals surface area contributed by atoms with Gasteiger partial charge in [-0.2, -0.15) is 0 Å². The first-order valence-electron chi connectivity index (χ1n) is 9.32. The standard InChI is InChI=1S/C23H16F2N4O/c1-30-20-10-17-6-14(2-4-21(17)26-12-20)7-23-28-27-22-5-3-15(13-29(22)23)16-8-18(24)11-19(25)9-16/h2-6,8-13H,7H2,1H3. The van der Waals surface area contributed by atoms with E-state index in [1.165, 1.54) is 12.1 Å².